The summed E-state index contributed by atoms with van der Waals surface area (Å²) in [5.41, 5.74) is 3.69. The van der Waals surface area contributed by atoms with Gasteiger partial charge in [0.15, 0.2) is 11.5 Å². The lowest BCUT2D eigenvalue weighted by atomic mass is 10.1. The molecule has 0 atom stereocenters. The van der Waals surface area contributed by atoms with Gasteiger partial charge in [0, 0.05) is 18.7 Å². The van der Waals surface area contributed by atoms with Gasteiger partial charge in [0.25, 0.3) is 5.91 Å². The maximum absolute atomic E-state index is 12.9. The van der Waals surface area contributed by atoms with E-state index in [0.29, 0.717) is 32.0 Å². The summed E-state index contributed by atoms with van der Waals surface area (Å²) in [4.78, 5) is 27.2. The summed E-state index contributed by atoms with van der Waals surface area (Å²) in [7, 11) is 4.59. The number of ether oxygens (including phenoxy) is 3. The van der Waals surface area contributed by atoms with Crippen molar-refractivity contribution in [3.05, 3.63) is 51.9 Å². The highest BCUT2D eigenvalue weighted by molar-refractivity contribution is 8.26. The van der Waals surface area contributed by atoms with E-state index >= 15 is 0 Å². The van der Waals surface area contributed by atoms with Crippen LogP contribution in [-0.2, 0) is 9.59 Å². The SMILES string of the molecule is COc1cc(C=C2SC(=S)N(CCC(=O)Nc3ccc(C)c(C)c3)C2=O)cc(OC)c1OC. The van der Waals surface area contributed by atoms with Crippen LogP contribution in [0.2, 0.25) is 0 Å². The van der Waals surface area contributed by atoms with Crippen molar-refractivity contribution in [2.45, 2.75) is 20.3 Å². The lowest BCUT2D eigenvalue weighted by Gasteiger charge is -2.14. The van der Waals surface area contributed by atoms with Gasteiger partial charge in [-0.2, -0.15) is 0 Å². The molecule has 1 heterocycles. The second-order valence-corrected chi connectivity index (χ2v) is 9.07. The predicted molar refractivity (Wildman–Crippen MR) is 135 cm³/mol. The normalized spacial score (nSPS) is 14.6. The Morgan fingerprint density at radius 3 is 2.30 bits per heavy atom. The van der Waals surface area contributed by atoms with Gasteiger partial charge in [-0.25, -0.2) is 0 Å². The molecule has 2 aromatic rings. The molecule has 33 heavy (non-hydrogen) atoms. The minimum absolute atomic E-state index is 0.136. The fourth-order valence-corrected chi connectivity index (χ4v) is 4.59. The quantitative estimate of drug-likeness (QED) is 0.433. The molecular weight excluding hydrogens is 460 g/mol. The van der Waals surface area contributed by atoms with Crippen molar-refractivity contribution in [1.82, 2.24) is 4.90 Å². The van der Waals surface area contributed by atoms with Gasteiger partial charge in [0.1, 0.15) is 4.32 Å². The first-order valence-electron chi connectivity index (χ1n) is 10.2. The van der Waals surface area contributed by atoms with Gasteiger partial charge in [-0.1, -0.05) is 30.0 Å². The van der Waals surface area contributed by atoms with E-state index in [4.69, 9.17) is 26.4 Å². The number of anilines is 1. The van der Waals surface area contributed by atoms with Crippen LogP contribution >= 0.6 is 24.0 Å². The molecular formula is C24H26N2O5S2. The molecule has 2 amide bonds. The molecule has 7 nitrogen and oxygen atoms in total. The number of nitrogens with zero attached hydrogens (tertiary/aromatic N) is 1. The summed E-state index contributed by atoms with van der Waals surface area (Å²) >= 11 is 6.58. The number of thioether (sulfide) groups is 1. The van der Waals surface area contributed by atoms with E-state index < -0.39 is 0 Å². The minimum Gasteiger partial charge on any atom is -0.493 e. The average molecular weight is 487 g/mol. The van der Waals surface area contributed by atoms with Gasteiger partial charge in [-0.05, 0) is 60.9 Å². The summed E-state index contributed by atoms with van der Waals surface area (Å²) < 4.78 is 16.5. The van der Waals surface area contributed by atoms with Crippen molar-refractivity contribution in [1.29, 1.82) is 0 Å². The van der Waals surface area contributed by atoms with Crippen molar-refractivity contribution in [2.24, 2.45) is 0 Å². The first-order chi connectivity index (χ1) is 15.8. The lowest BCUT2D eigenvalue weighted by molar-refractivity contribution is -0.122. The minimum atomic E-state index is -0.238. The second kappa shape index (κ2) is 10.7. The summed E-state index contributed by atoms with van der Waals surface area (Å²) in [5, 5.41) is 2.87. The molecule has 0 saturated carbocycles. The maximum Gasteiger partial charge on any atom is 0.266 e. The molecule has 1 saturated heterocycles. The highest BCUT2D eigenvalue weighted by Gasteiger charge is 2.32. The monoisotopic (exact) mass is 486 g/mol. The number of amides is 2. The van der Waals surface area contributed by atoms with Crippen LogP contribution in [0, 0.1) is 13.8 Å². The van der Waals surface area contributed by atoms with Crippen molar-refractivity contribution >= 4 is 51.9 Å². The zero-order valence-electron chi connectivity index (χ0n) is 19.2. The van der Waals surface area contributed by atoms with Gasteiger partial charge >= 0.3 is 0 Å². The molecule has 174 valence electrons. The van der Waals surface area contributed by atoms with E-state index in [2.05, 4.69) is 5.32 Å². The van der Waals surface area contributed by atoms with E-state index in [-0.39, 0.29) is 24.8 Å². The maximum atomic E-state index is 12.9. The number of aryl methyl sites for hydroxylation is 2. The topological polar surface area (TPSA) is 77.1 Å². The highest BCUT2D eigenvalue weighted by Crippen LogP contribution is 2.40. The van der Waals surface area contributed by atoms with Gasteiger partial charge in [0.2, 0.25) is 11.7 Å². The number of rotatable bonds is 8. The predicted octanol–water partition coefficient (Wildman–Crippen LogP) is 4.56. The van der Waals surface area contributed by atoms with Crippen molar-refractivity contribution in [2.75, 3.05) is 33.2 Å². The van der Waals surface area contributed by atoms with Gasteiger partial charge in [0.05, 0.1) is 26.2 Å². The van der Waals surface area contributed by atoms with Crippen LogP contribution in [0.3, 0.4) is 0 Å². The molecule has 0 radical (unpaired) electrons. The number of hydrogen-bond acceptors (Lipinski definition) is 7. The molecule has 9 heteroatoms. The number of benzene rings is 2. The Morgan fingerprint density at radius 2 is 1.73 bits per heavy atom. The lowest BCUT2D eigenvalue weighted by Crippen LogP contribution is -2.31. The number of carbonyl (C=O) groups is 2. The van der Waals surface area contributed by atoms with Crippen LogP contribution in [0.4, 0.5) is 5.69 Å². The average Bonchev–Trinajstić information content (AvgIpc) is 3.06. The second-order valence-electron chi connectivity index (χ2n) is 7.39. The van der Waals surface area contributed by atoms with E-state index in [1.165, 1.54) is 38.0 Å². The van der Waals surface area contributed by atoms with E-state index in [9.17, 15) is 9.59 Å². The zero-order chi connectivity index (χ0) is 24.1. The van der Waals surface area contributed by atoms with E-state index in [0.717, 1.165) is 16.8 Å². The third kappa shape index (κ3) is 5.66. The fraction of sp³-hybridized carbons (Fsp3) is 0.292. The smallest absolute Gasteiger partial charge is 0.266 e. The number of methoxy groups -OCH3 is 3. The largest absolute Gasteiger partial charge is 0.493 e. The molecule has 2 aromatic carbocycles. The molecule has 0 aromatic heterocycles. The van der Waals surface area contributed by atoms with Gasteiger partial charge < -0.3 is 19.5 Å². The summed E-state index contributed by atoms with van der Waals surface area (Å²) in [6.07, 6.45) is 1.86. The number of nitrogens with one attached hydrogen (secondary N) is 1. The number of carbonyl (C=O) groups excluding carboxylic acids is 2. The van der Waals surface area contributed by atoms with Crippen molar-refractivity contribution < 1.29 is 23.8 Å². The molecule has 1 fully saturated rings. The number of thiocarbonyl (C=S) groups is 1. The molecule has 0 unspecified atom stereocenters. The Morgan fingerprint density at radius 1 is 1.06 bits per heavy atom. The van der Waals surface area contributed by atoms with Crippen LogP contribution < -0.4 is 19.5 Å². The first kappa shape index (κ1) is 24.6. The molecule has 1 N–H and O–H groups in total. The highest BCUT2D eigenvalue weighted by atomic mass is 32.2. The molecule has 1 aliphatic rings. The molecule has 0 spiro atoms. The van der Waals surface area contributed by atoms with Crippen LogP contribution in [-0.4, -0.2) is 48.9 Å². The van der Waals surface area contributed by atoms with Crippen LogP contribution in [0.25, 0.3) is 6.08 Å². The summed E-state index contributed by atoms with van der Waals surface area (Å²) in [5.74, 6) is 1.03. The van der Waals surface area contributed by atoms with Gasteiger partial charge in [-0.15, -0.1) is 0 Å². The van der Waals surface area contributed by atoms with Gasteiger partial charge in [-0.3, -0.25) is 14.5 Å². The Balaban J connectivity index is 1.69. The Bertz CT molecular complexity index is 1100. The molecule has 1 aliphatic heterocycles. The first-order valence-corrected chi connectivity index (χ1v) is 11.4. The van der Waals surface area contributed by atoms with Crippen LogP contribution in [0.5, 0.6) is 17.2 Å². The summed E-state index contributed by atoms with van der Waals surface area (Å²) in [6, 6.07) is 9.25. The third-order valence-corrected chi connectivity index (χ3v) is 6.59. The van der Waals surface area contributed by atoms with Crippen LogP contribution in [0.15, 0.2) is 35.2 Å². The molecule has 3 rings (SSSR count). The molecule has 0 aliphatic carbocycles. The Labute approximate surface area is 203 Å². The Kier molecular flexibility index (Phi) is 7.99. The number of hydrogen-bond donors (Lipinski definition) is 1. The van der Waals surface area contributed by atoms with Crippen molar-refractivity contribution in [3.63, 3.8) is 0 Å². The zero-order valence-corrected chi connectivity index (χ0v) is 20.8. The van der Waals surface area contributed by atoms with Crippen LogP contribution in [0.1, 0.15) is 23.1 Å². The third-order valence-electron chi connectivity index (χ3n) is 5.21. The molecule has 0 bridgehead atoms. The fourth-order valence-electron chi connectivity index (χ4n) is 3.28. The van der Waals surface area contributed by atoms with Crippen molar-refractivity contribution in [3.8, 4) is 17.2 Å². The standard InChI is InChI=1S/C24H26N2O5S2/c1-14-6-7-17(10-15(14)2)25-21(27)8-9-26-23(28)20(33-24(26)32)13-16-11-18(29-3)22(31-5)19(12-16)30-4/h6-7,10-13H,8-9H2,1-5H3,(H,25,27). The van der Waals surface area contributed by atoms with E-state index in [1.54, 1.807) is 18.2 Å². The Hall–Kier alpha value is -3.04. The summed E-state index contributed by atoms with van der Waals surface area (Å²) in [6.45, 7) is 4.21. The van der Waals surface area contributed by atoms with E-state index in [1.807, 2.05) is 32.0 Å².